The number of sulfone groups is 1. The van der Waals surface area contributed by atoms with E-state index in [1.54, 1.807) is 30.3 Å². The zero-order valence-electron chi connectivity index (χ0n) is 18.9. The first-order chi connectivity index (χ1) is 15.1. The summed E-state index contributed by atoms with van der Waals surface area (Å²) in [6.07, 6.45) is 1.14. The Balaban J connectivity index is 1.73. The lowest BCUT2D eigenvalue weighted by atomic mass is 10.1. The maximum Gasteiger partial charge on any atom is 0.175 e. The van der Waals surface area contributed by atoms with Crippen molar-refractivity contribution in [1.82, 2.24) is 4.90 Å². The first-order valence-corrected chi connectivity index (χ1v) is 12.1. The summed E-state index contributed by atoms with van der Waals surface area (Å²) < 4.78 is 39.8. The number of likely N-dealkylation sites (N-methyl/N-ethyl adjacent to an activating group) is 1. The first kappa shape index (κ1) is 25.6. The molecule has 1 N–H and O–H groups in total. The van der Waals surface area contributed by atoms with Crippen molar-refractivity contribution >= 4 is 15.6 Å². The van der Waals surface area contributed by atoms with Crippen LogP contribution >= 0.6 is 0 Å². The third kappa shape index (κ3) is 8.14. The second kappa shape index (κ2) is 11.8. The van der Waals surface area contributed by atoms with Gasteiger partial charge in [0.15, 0.2) is 27.1 Å². The van der Waals surface area contributed by atoms with Crippen LogP contribution in [0, 0.1) is 0 Å². The third-order valence-electron chi connectivity index (χ3n) is 4.71. The van der Waals surface area contributed by atoms with Gasteiger partial charge in [0.1, 0.15) is 18.5 Å². The normalized spacial score (nSPS) is 12.4. The average molecular weight is 466 g/mol. The molecule has 9 heteroatoms. The zero-order valence-corrected chi connectivity index (χ0v) is 19.7. The van der Waals surface area contributed by atoms with Crippen LogP contribution in [0.5, 0.6) is 17.2 Å². The monoisotopic (exact) mass is 465 g/mol. The van der Waals surface area contributed by atoms with Crippen LogP contribution in [0.4, 0.5) is 0 Å². The molecule has 0 heterocycles. The van der Waals surface area contributed by atoms with Crippen molar-refractivity contribution in [2.45, 2.75) is 24.3 Å². The molecule has 1 unspecified atom stereocenters. The van der Waals surface area contributed by atoms with Crippen LogP contribution in [-0.2, 0) is 9.84 Å². The number of rotatable bonds is 13. The van der Waals surface area contributed by atoms with Gasteiger partial charge in [-0.1, -0.05) is 6.07 Å². The van der Waals surface area contributed by atoms with Gasteiger partial charge in [-0.15, -0.1) is 0 Å². The zero-order chi connectivity index (χ0) is 23.7. The molecular weight excluding hydrogens is 434 g/mol. The summed E-state index contributed by atoms with van der Waals surface area (Å²) in [6.45, 7) is 3.06. The largest absolute Gasteiger partial charge is 0.494 e. The molecule has 0 saturated carbocycles. The van der Waals surface area contributed by atoms with E-state index >= 15 is 0 Å². The minimum absolute atomic E-state index is 0.0661. The Morgan fingerprint density at radius 2 is 1.88 bits per heavy atom. The Hall–Kier alpha value is -2.62. The summed E-state index contributed by atoms with van der Waals surface area (Å²) in [5.74, 6) is 1.34. The van der Waals surface area contributed by atoms with Crippen LogP contribution in [0.25, 0.3) is 0 Å². The molecule has 0 fully saturated rings. The van der Waals surface area contributed by atoms with E-state index in [1.165, 1.54) is 26.2 Å². The molecule has 0 bridgehead atoms. The number of hydrogen-bond donors (Lipinski definition) is 1. The predicted molar refractivity (Wildman–Crippen MR) is 122 cm³/mol. The van der Waals surface area contributed by atoms with Gasteiger partial charge in [0.2, 0.25) is 0 Å². The smallest absolute Gasteiger partial charge is 0.175 e. The Kier molecular flexibility index (Phi) is 9.49. The van der Waals surface area contributed by atoms with Crippen LogP contribution in [-0.4, -0.2) is 77.0 Å². The molecule has 8 nitrogen and oxygen atoms in total. The Bertz CT molecular complexity index is 1010. The van der Waals surface area contributed by atoms with E-state index in [0.717, 1.165) is 6.26 Å². The van der Waals surface area contributed by atoms with Crippen molar-refractivity contribution in [2.75, 3.05) is 46.7 Å². The Morgan fingerprint density at radius 1 is 1.12 bits per heavy atom. The molecule has 0 aliphatic rings. The number of ketones is 1. The number of ether oxygens (including phenoxy) is 3. The number of carbonyl (C=O) groups is 1. The SMILES string of the molecule is COc1cc(C(C)=O)ccc1OCC(O)CN(C)CCCOc1cccc(S(C)(=O)=O)c1. The summed E-state index contributed by atoms with van der Waals surface area (Å²) in [6, 6.07) is 11.3. The fourth-order valence-corrected chi connectivity index (χ4v) is 3.67. The molecular formula is C23H31NO7S. The first-order valence-electron chi connectivity index (χ1n) is 10.2. The molecule has 2 rings (SSSR count). The van der Waals surface area contributed by atoms with E-state index < -0.39 is 15.9 Å². The molecule has 1 atom stereocenters. The Morgan fingerprint density at radius 3 is 2.53 bits per heavy atom. The number of nitrogens with zero attached hydrogens (tertiary/aromatic N) is 1. The molecule has 0 aromatic heterocycles. The summed E-state index contributed by atoms with van der Waals surface area (Å²) in [7, 11) is 0.111. The minimum Gasteiger partial charge on any atom is -0.494 e. The van der Waals surface area contributed by atoms with Gasteiger partial charge >= 0.3 is 0 Å². The predicted octanol–water partition coefficient (Wildman–Crippen LogP) is 2.44. The molecule has 0 aliphatic carbocycles. The van der Waals surface area contributed by atoms with Gasteiger partial charge in [-0.3, -0.25) is 4.79 Å². The lowest BCUT2D eigenvalue weighted by molar-refractivity contribution is 0.0737. The maximum absolute atomic E-state index is 11.6. The molecule has 0 radical (unpaired) electrons. The lowest BCUT2D eigenvalue weighted by Gasteiger charge is -2.21. The maximum atomic E-state index is 11.6. The van der Waals surface area contributed by atoms with Crippen molar-refractivity contribution in [3.8, 4) is 17.2 Å². The molecule has 2 aromatic rings. The van der Waals surface area contributed by atoms with E-state index in [1.807, 2.05) is 11.9 Å². The van der Waals surface area contributed by atoms with Crippen molar-refractivity contribution in [3.63, 3.8) is 0 Å². The van der Waals surface area contributed by atoms with Crippen molar-refractivity contribution in [1.29, 1.82) is 0 Å². The van der Waals surface area contributed by atoms with Crippen LogP contribution in [0.3, 0.4) is 0 Å². The molecule has 0 spiro atoms. The fourth-order valence-electron chi connectivity index (χ4n) is 3.01. The summed E-state index contributed by atoms with van der Waals surface area (Å²) in [5.41, 5.74) is 0.528. The summed E-state index contributed by atoms with van der Waals surface area (Å²) in [4.78, 5) is 13.7. The number of aliphatic hydroxyl groups excluding tert-OH is 1. The third-order valence-corrected chi connectivity index (χ3v) is 5.82. The molecule has 32 heavy (non-hydrogen) atoms. The molecule has 0 aliphatic heterocycles. The second-order valence-electron chi connectivity index (χ2n) is 7.60. The van der Waals surface area contributed by atoms with Gasteiger partial charge in [-0.25, -0.2) is 8.42 Å². The van der Waals surface area contributed by atoms with E-state index in [-0.39, 0.29) is 17.3 Å². The van der Waals surface area contributed by atoms with Gasteiger partial charge in [-0.2, -0.15) is 0 Å². The molecule has 0 amide bonds. The number of Topliss-reactive ketones (excluding diaryl/α,β-unsaturated/α-hetero) is 1. The van der Waals surface area contributed by atoms with Gasteiger partial charge in [0.25, 0.3) is 0 Å². The number of methoxy groups -OCH3 is 1. The highest BCUT2D eigenvalue weighted by atomic mass is 32.2. The number of hydrogen-bond acceptors (Lipinski definition) is 8. The van der Waals surface area contributed by atoms with Crippen LogP contribution in [0.2, 0.25) is 0 Å². The van der Waals surface area contributed by atoms with Gasteiger partial charge in [0.05, 0.1) is 18.6 Å². The molecule has 0 saturated heterocycles. The summed E-state index contributed by atoms with van der Waals surface area (Å²) >= 11 is 0. The topological polar surface area (TPSA) is 102 Å². The lowest BCUT2D eigenvalue weighted by Crippen LogP contribution is -2.34. The van der Waals surface area contributed by atoms with Gasteiger partial charge in [-0.05, 0) is 56.8 Å². The van der Waals surface area contributed by atoms with E-state index in [0.29, 0.717) is 48.9 Å². The van der Waals surface area contributed by atoms with Gasteiger partial charge in [0, 0.05) is 24.9 Å². The standard InChI is InChI=1S/C23H31NO7S/c1-17(25)18-9-10-22(23(13-18)29-3)31-16-19(26)15-24(2)11-6-12-30-20-7-5-8-21(14-20)32(4,27)28/h5,7-10,13-14,19,26H,6,11-12,15-16H2,1-4H3. The van der Waals surface area contributed by atoms with Crippen LogP contribution in [0.15, 0.2) is 47.4 Å². The quantitative estimate of drug-likeness (QED) is 0.356. The average Bonchev–Trinajstić information content (AvgIpc) is 2.74. The highest BCUT2D eigenvalue weighted by molar-refractivity contribution is 7.90. The highest BCUT2D eigenvalue weighted by Gasteiger charge is 2.13. The fraction of sp³-hybridized carbons (Fsp3) is 0.435. The summed E-state index contributed by atoms with van der Waals surface area (Å²) in [5, 5.41) is 10.3. The van der Waals surface area contributed by atoms with E-state index in [4.69, 9.17) is 14.2 Å². The Labute approximate surface area is 189 Å². The van der Waals surface area contributed by atoms with Crippen LogP contribution in [0.1, 0.15) is 23.7 Å². The van der Waals surface area contributed by atoms with Crippen LogP contribution < -0.4 is 14.2 Å². The number of aliphatic hydroxyl groups is 1. The van der Waals surface area contributed by atoms with Crippen molar-refractivity contribution in [2.24, 2.45) is 0 Å². The van der Waals surface area contributed by atoms with E-state index in [2.05, 4.69) is 0 Å². The number of benzene rings is 2. The number of carbonyl (C=O) groups excluding carboxylic acids is 1. The minimum atomic E-state index is -3.27. The molecule has 176 valence electrons. The van der Waals surface area contributed by atoms with Crippen molar-refractivity contribution < 1.29 is 32.5 Å². The second-order valence-corrected chi connectivity index (χ2v) is 9.61. The van der Waals surface area contributed by atoms with Crippen molar-refractivity contribution in [3.05, 3.63) is 48.0 Å². The highest BCUT2D eigenvalue weighted by Crippen LogP contribution is 2.28. The van der Waals surface area contributed by atoms with Gasteiger partial charge < -0.3 is 24.2 Å². The molecule has 2 aromatic carbocycles. The van der Waals surface area contributed by atoms with E-state index in [9.17, 15) is 18.3 Å².